The fourth-order valence-corrected chi connectivity index (χ4v) is 3.04. The fraction of sp³-hybridized carbons (Fsp3) is 0.600. The Morgan fingerprint density at radius 2 is 2.33 bits per heavy atom. The van der Waals surface area contributed by atoms with Crippen LogP contribution < -0.4 is 5.32 Å². The van der Waals surface area contributed by atoms with E-state index in [4.69, 9.17) is 0 Å². The second-order valence-electron chi connectivity index (χ2n) is 3.56. The standard InChI is InChI=1S/C10H16BrNOS2/c1-7(15(3)13)5-12-6-9-4-10(11)8(2)14-9/h4,7,12H,5-6H2,1-3H3. The molecule has 0 amide bonds. The Morgan fingerprint density at radius 3 is 2.80 bits per heavy atom. The van der Waals surface area contributed by atoms with Gasteiger partial charge in [0, 0.05) is 49.6 Å². The van der Waals surface area contributed by atoms with Crippen LogP contribution in [0, 0.1) is 6.92 Å². The van der Waals surface area contributed by atoms with Gasteiger partial charge in [-0.15, -0.1) is 11.3 Å². The van der Waals surface area contributed by atoms with E-state index in [-0.39, 0.29) is 5.25 Å². The third kappa shape index (κ3) is 4.34. The van der Waals surface area contributed by atoms with Gasteiger partial charge in [0.15, 0.2) is 0 Å². The molecule has 1 aromatic heterocycles. The number of rotatable bonds is 5. The lowest BCUT2D eigenvalue weighted by molar-refractivity contribution is 0.649. The van der Waals surface area contributed by atoms with Crippen LogP contribution in [-0.2, 0) is 17.3 Å². The molecular weight excluding hydrogens is 294 g/mol. The molecular formula is C10H16BrNOS2. The Kier molecular flexibility index (Phi) is 5.46. The van der Waals surface area contributed by atoms with Crippen LogP contribution >= 0.6 is 27.3 Å². The first-order chi connectivity index (χ1) is 7.00. The zero-order valence-corrected chi connectivity index (χ0v) is 12.4. The van der Waals surface area contributed by atoms with E-state index in [2.05, 4.69) is 34.2 Å². The number of thiophene rings is 1. The molecule has 0 aliphatic carbocycles. The smallest absolute Gasteiger partial charge is 0.0441 e. The first kappa shape index (κ1) is 13.4. The van der Waals surface area contributed by atoms with Crippen molar-refractivity contribution in [1.29, 1.82) is 0 Å². The van der Waals surface area contributed by atoms with Gasteiger partial charge in [-0.05, 0) is 35.8 Å². The predicted molar refractivity (Wildman–Crippen MR) is 72.0 cm³/mol. The number of aryl methyl sites for hydroxylation is 1. The molecule has 0 saturated heterocycles. The van der Waals surface area contributed by atoms with E-state index in [9.17, 15) is 4.21 Å². The van der Waals surface area contributed by atoms with Crippen LogP contribution in [0.2, 0.25) is 0 Å². The van der Waals surface area contributed by atoms with E-state index >= 15 is 0 Å². The van der Waals surface area contributed by atoms with E-state index in [1.165, 1.54) is 14.2 Å². The summed E-state index contributed by atoms with van der Waals surface area (Å²) in [7, 11) is -0.736. The third-order valence-corrected chi connectivity index (χ3v) is 5.64. The molecule has 0 radical (unpaired) electrons. The molecule has 15 heavy (non-hydrogen) atoms. The highest BCUT2D eigenvalue weighted by Crippen LogP contribution is 2.25. The zero-order chi connectivity index (χ0) is 11.4. The molecule has 0 fully saturated rings. The summed E-state index contributed by atoms with van der Waals surface area (Å²) in [6.45, 7) is 5.76. The molecule has 0 bridgehead atoms. The highest BCUT2D eigenvalue weighted by molar-refractivity contribution is 9.10. The van der Waals surface area contributed by atoms with Gasteiger partial charge >= 0.3 is 0 Å². The van der Waals surface area contributed by atoms with Gasteiger partial charge < -0.3 is 5.32 Å². The molecule has 2 nitrogen and oxygen atoms in total. The van der Waals surface area contributed by atoms with Gasteiger partial charge in [-0.25, -0.2) is 0 Å². The van der Waals surface area contributed by atoms with Crippen LogP contribution in [0.25, 0.3) is 0 Å². The van der Waals surface area contributed by atoms with Crippen LogP contribution in [0.1, 0.15) is 16.7 Å². The summed E-state index contributed by atoms with van der Waals surface area (Å²) in [4.78, 5) is 2.62. The Hall–Kier alpha value is 0.290. The fourth-order valence-electron chi connectivity index (χ4n) is 1.12. The molecule has 0 aromatic carbocycles. The molecule has 1 N–H and O–H groups in total. The summed E-state index contributed by atoms with van der Waals surface area (Å²) < 4.78 is 12.3. The van der Waals surface area contributed by atoms with Crippen LogP contribution in [0.15, 0.2) is 10.5 Å². The first-order valence-electron chi connectivity index (χ1n) is 4.78. The summed E-state index contributed by atoms with van der Waals surface area (Å²) in [5.74, 6) is 0. The minimum Gasteiger partial charge on any atom is -0.311 e. The minimum atomic E-state index is -0.736. The quantitative estimate of drug-likeness (QED) is 0.906. The molecule has 86 valence electrons. The van der Waals surface area contributed by atoms with Gasteiger partial charge in [0.05, 0.1) is 0 Å². The molecule has 2 atom stereocenters. The maximum absolute atomic E-state index is 11.1. The summed E-state index contributed by atoms with van der Waals surface area (Å²) in [6, 6.07) is 2.14. The highest BCUT2D eigenvalue weighted by atomic mass is 79.9. The van der Waals surface area contributed by atoms with Gasteiger partial charge in [-0.3, -0.25) is 4.21 Å². The summed E-state index contributed by atoms with van der Waals surface area (Å²) in [5.41, 5.74) is 0. The van der Waals surface area contributed by atoms with Gasteiger partial charge in [0.2, 0.25) is 0 Å². The van der Waals surface area contributed by atoms with Crippen molar-refractivity contribution in [2.75, 3.05) is 12.8 Å². The Balaban J connectivity index is 2.35. The van der Waals surface area contributed by atoms with E-state index in [0.717, 1.165) is 13.1 Å². The van der Waals surface area contributed by atoms with Crippen molar-refractivity contribution in [3.63, 3.8) is 0 Å². The lowest BCUT2D eigenvalue weighted by Crippen LogP contribution is -2.26. The van der Waals surface area contributed by atoms with Crippen molar-refractivity contribution in [2.45, 2.75) is 25.6 Å². The third-order valence-electron chi connectivity index (χ3n) is 2.21. The molecule has 0 saturated carbocycles. The van der Waals surface area contributed by atoms with E-state index < -0.39 is 10.8 Å². The second kappa shape index (κ2) is 6.13. The van der Waals surface area contributed by atoms with Gasteiger partial charge in [-0.1, -0.05) is 0 Å². The van der Waals surface area contributed by atoms with Crippen molar-refractivity contribution in [1.82, 2.24) is 5.32 Å². The van der Waals surface area contributed by atoms with Crippen molar-refractivity contribution in [3.05, 3.63) is 20.3 Å². The molecule has 5 heteroatoms. The largest absolute Gasteiger partial charge is 0.311 e. The first-order valence-corrected chi connectivity index (χ1v) is 8.01. The van der Waals surface area contributed by atoms with Crippen molar-refractivity contribution >= 4 is 38.1 Å². The average Bonchev–Trinajstić information content (AvgIpc) is 2.46. The molecule has 1 aromatic rings. The summed E-state index contributed by atoms with van der Waals surface area (Å²) >= 11 is 5.28. The van der Waals surface area contributed by atoms with Crippen LogP contribution in [0.3, 0.4) is 0 Å². The van der Waals surface area contributed by atoms with E-state index in [0.29, 0.717) is 0 Å². The van der Waals surface area contributed by atoms with Gasteiger partial charge in [0.1, 0.15) is 0 Å². The Labute approximate surface area is 106 Å². The number of hydrogen-bond acceptors (Lipinski definition) is 3. The number of halogens is 1. The number of nitrogens with one attached hydrogen (secondary N) is 1. The minimum absolute atomic E-state index is 0.217. The lowest BCUT2D eigenvalue weighted by atomic mass is 10.4. The maximum Gasteiger partial charge on any atom is 0.0441 e. The van der Waals surface area contributed by atoms with Crippen molar-refractivity contribution in [2.24, 2.45) is 0 Å². The van der Waals surface area contributed by atoms with Gasteiger partial charge in [0.25, 0.3) is 0 Å². The van der Waals surface area contributed by atoms with Crippen LogP contribution in [0.4, 0.5) is 0 Å². The molecule has 1 rings (SSSR count). The average molecular weight is 310 g/mol. The highest BCUT2D eigenvalue weighted by Gasteiger charge is 2.06. The van der Waals surface area contributed by atoms with E-state index in [1.54, 1.807) is 17.6 Å². The van der Waals surface area contributed by atoms with Crippen LogP contribution in [0.5, 0.6) is 0 Å². The normalized spacial score (nSPS) is 15.2. The number of hydrogen-bond donors (Lipinski definition) is 1. The van der Waals surface area contributed by atoms with Crippen molar-refractivity contribution in [3.8, 4) is 0 Å². The molecule has 0 spiro atoms. The van der Waals surface area contributed by atoms with E-state index in [1.807, 2.05) is 6.92 Å². The van der Waals surface area contributed by atoms with Crippen molar-refractivity contribution < 1.29 is 4.21 Å². The Morgan fingerprint density at radius 1 is 1.67 bits per heavy atom. The monoisotopic (exact) mass is 309 g/mol. The summed E-state index contributed by atoms with van der Waals surface area (Å²) in [5, 5.41) is 3.54. The second-order valence-corrected chi connectivity index (χ2v) is 7.55. The molecule has 2 unspecified atom stereocenters. The molecule has 1 heterocycles. The predicted octanol–water partition coefficient (Wildman–Crippen LogP) is 2.68. The SMILES string of the molecule is Cc1sc(CNCC(C)S(C)=O)cc1Br. The summed E-state index contributed by atoms with van der Waals surface area (Å²) in [6.07, 6.45) is 1.75. The van der Waals surface area contributed by atoms with Crippen LogP contribution in [-0.4, -0.2) is 22.3 Å². The molecule has 0 aliphatic heterocycles. The van der Waals surface area contributed by atoms with Gasteiger partial charge in [-0.2, -0.15) is 0 Å². The molecule has 0 aliphatic rings. The maximum atomic E-state index is 11.1. The Bertz CT molecular complexity index is 332. The zero-order valence-electron chi connectivity index (χ0n) is 9.17. The topological polar surface area (TPSA) is 29.1 Å². The lowest BCUT2D eigenvalue weighted by Gasteiger charge is -2.08.